The summed E-state index contributed by atoms with van der Waals surface area (Å²) in [5.41, 5.74) is 2.05. The molecular weight excluding hydrogens is 382 g/mol. The number of benzene rings is 2. The molecule has 2 aromatic rings. The SMILES string of the molecule is CC(C)Oc1ccc(NC(=O)CNc2ccc(C(=O)NCC3CCCO3)cc2)cc1. The Labute approximate surface area is 177 Å². The van der Waals surface area contributed by atoms with Crippen molar-refractivity contribution in [2.24, 2.45) is 0 Å². The molecule has 0 saturated carbocycles. The molecule has 0 spiro atoms. The number of carbonyl (C=O) groups is 2. The minimum atomic E-state index is -0.161. The van der Waals surface area contributed by atoms with Crippen LogP contribution in [0.4, 0.5) is 11.4 Å². The van der Waals surface area contributed by atoms with E-state index >= 15 is 0 Å². The van der Waals surface area contributed by atoms with Crippen LogP contribution in [0, 0.1) is 0 Å². The molecule has 1 atom stereocenters. The monoisotopic (exact) mass is 411 g/mol. The summed E-state index contributed by atoms with van der Waals surface area (Å²) in [4.78, 5) is 24.4. The third kappa shape index (κ3) is 6.77. The van der Waals surface area contributed by atoms with Crippen molar-refractivity contribution < 1.29 is 19.1 Å². The second-order valence-electron chi connectivity index (χ2n) is 7.52. The van der Waals surface area contributed by atoms with E-state index < -0.39 is 0 Å². The Bertz CT molecular complexity index is 829. The zero-order chi connectivity index (χ0) is 21.3. The summed E-state index contributed by atoms with van der Waals surface area (Å²) in [6, 6.07) is 14.3. The molecule has 1 aliphatic heterocycles. The van der Waals surface area contributed by atoms with Gasteiger partial charge in [0.2, 0.25) is 5.91 Å². The molecule has 7 heteroatoms. The predicted octanol–water partition coefficient (Wildman–Crippen LogP) is 3.43. The van der Waals surface area contributed by atoms with Crippen LogP contribution in [0.2, 0.25) is 0 Å². The van der Waals surface area contributed by atoms with Crippen LogP contribution < -0.4 is 20.7 Å². The lowest BCUT2D eigenvalue weighted by Gasteiger charge is -2.12. The van der Waals surface area contributed by atoms with Crippen molar-refractivity contribution in [1.29, 1.82) is 0 Å². The molecule has 3 N–H and O–H groups in total. The van der Waals surface area contributed by atoms with E-state index in [-0.39, 0.29) is 30.6 Å². The normalized spacial score (nSPS) is 15.6. The molecule has 1 saturated heterocycles. The van der Waals surface area contributed by atoms with Crippen LogP contribution in [0.3, 0.4) is 0 Å². The number of rotatable bonds is 9. The molecule has 1 heterocycles. The molecule has 1 unspecified atom stereocenters. The summed E-state index contributed by atoms with van der Waals surface area (Å²) in [6.45, 7) is 5.35. The number of hydrogen-bond acceptors (Lipinski definition) is 5. The Morgan fingerprint density at radius 2 is 1.77 bits per heavy atom. The minimum absolute atomic E-state index is 0.105. The van der Waals surface area contributed by atoms with Crippen LogP contribution >= 0.6 is 0 Å². The average molecular weight is 412 g/mol. The first-order valence-electron chi connectivity index (χ1n) is 10.3. The maximum absolute atomic E-state index is 12.2. The molecule has 160 valence electrons. The van der Waals surface area contributed by atoms with E-state index in [1.165, 1.54) is 0 Å². The highest BCUT2D eigenvalue weighted by Crippen LogP contribution is 2.17. The third-order valence-corrected chi connectivity index (χ3v) is 4.62. The van der Waals surface area contributed by atoms with E-state index in [9.17, 15) is 9.59 Å². The molecule has 0 radical (unpaired) electrons. The number of nitrogens with one attached hydrogen (secondary N) is 3. The van der Waals surface area contributed by atoms with E-state index in [1.807, 2.05) is 26.0 Å². The molecule has 0 aliphatic carbocycles. The number of carbonyl (C=O) groups excluding carboxylic acids is 2. The highest BCUT2D eigenvalue weighted by Gasteiger charge is 2.16. The van der Waals surface area contributed by atoms with Crippen molar-refractivity contribution in [3.05, 3.63) is 54.1 Å². The van der Waals surface area contributed by atoms with Gasteiger partial charge in [-0.25, -0.2) is 0 Å². The van der Waals surface area contributed by atoms with Crippen molar-refractivity contribution in [2.45, 2.75) is 38.9 Å². The Balaban J connectivity index is 1.41. The van der Waals surface area contributed by atoms with Crippen molar-refractivity contribution in [1.82, 2.24) is 5.32 Å². The maximum atomic E-state index is 12.2. The van der Waals surface area contributed by atoms with Gasteiger partial charge in [-0.15, -0.1) is 0 Å². The maximum Gasteiger partial charge on any atom is 0.251 e. The number of amides is 2. The first-order chi connectivity index (χ1) is 14.5. The Kier molecular flexibility index (Phi) is 7.68. The molecular formula is C23H29N3O4. The van der Waals surface area contributed by atoms with Crippen LogP contribution in [0.25, 0.3) is 0 Å². The average Bonchev–Trinajstić information content (AvgIpc) is 3.26. The highest BCUT2D eigenvalue weighted by molar-refractivity contribution is 5.95. The van der Waals surface area contributed by atoms with Gasteiger partial charge in [0.1, 0.15) is 5.75 Å². The molecule has 0 aromatic heterocycles. The van der Waals surface area contributed by atoms with Gasteiger partial charge >= 0.3 is 0 Å². The van der Waals surface area contributed by atoms with Crippen molar-refractivity contribution in [3.63, 3.8) is 0 Å². The van der Waals surface area contributed by atoms with Crippen LogP contribution in [-0.4, -0.2) is 43.7 Å². The van der Waals surface area contributed by atoms with Gasteiger partial charge in [0.15, 0.2) is 0 Å². The van der Waals surface area contributed by atoms with Gasteiger partial charge in [-0.3, -0.25) is 9.59 Å². The van der Waals surface area contributed by atoms with Crippen LogP contribution in [-0.2, 0) is 9.53 Å². The highest BCUT2D eigenvalue weighted by atomic mass is 16.5. The standard InChI is InChI=1S/C23H29N3O4/c1-16(2)30-20-11-9-19(10-12-20)26-22(27)15-24-18-7-5-17(6-8-18)23(28)25-14-21-4-3-13-29-21/h5-12,16,21,24H,3-4,13-15H2,1-2H3,(H,25,28)(H,26,27). The van der Waals surface area contributed by atoms with Crippen LogP contribution in [0.15, 0.2) is 48.5 Å². The van der Waals surface area contributed by atoms with Crippen molar-refractivity contribution in [3.8, 4) is 5.75 Å². The fourth-order valence-electron chi connectivity index (χ4n) is 3.13. The topological polar surface area (TPSA) is 88.7 Å². The molecule has 1 fully saturated rings. The quantitative estimate of drug-likeness (QED) is 0.588. The molecule has 3 rings (SSSR count). The molecule has 30 heavy (non-hydrogen) atoms. The second-order valence-corrected chi connectivity index (χ2v) is 7.52. The molecule has 1 aliphatic rings. The van der Waals surface area contributed by atoms with Gasteiger partial charge in [0.25, 0.3) is 5.91 Å². The van der Waals surface area contributed by atoms with Crippen LogP contribution in [0.1, 0.15) is 37.0 Å². The fourth-order valence-corrected chi connectivity index (χ4v) is 3.13. The minimum Gasteiger partial charge on any atom is -0.491 e. The van der Waals surface area contributed by atoms with E-state index in [2.05, 4.69) is 16.0 Å². The number of anilines is 2. The van der Waals surface area contributed by atoms with Gasteiger partial charge in [-0.05, 0) is 75.2 Å². The fraction of sp³-hybridized carbons (Fsp3) is 0.391. The van der Waals surface area contributed by atoms with Gasteiger partial charge in [0, 0.05) is 30.1 Å². The molecule has 0 bridgehead atoms. The Morgan fingerprint density at radius 3 is 2.40 bits per heavy atom. The van der Waals surface area contributed by atoms with Crippen LogP contribution in [0.5, 0.6) is 5.75 Å². The molecule has 2 aromatic carbocycles. The lowest BCUT2D eigenvalue weighted by molar-refractivity contribution is -0.114. The molecule has 2 amide bonds. The molecule has 7 nitrogen and oxygen atoms in total. The lowest BCUT2D eigenvalue weighted by Crippen LogP contribution is -2.31. The summed E-state index contributed by atoms with van der Waals surface area (Å²) in [5.74, 6) is 0.478. The number of hydrogen-bond donors (Lipinski definition) is 3. The Hall–Kier alpha value is -3.06. The Morgan fingerprint density at radius 1 is 1.07 bits per heavy atom. The van der Waals surface area contributed by atoms with Gasteiger partial charge < -0.3 is 25.4 Å². The van der Waals surface area contributed by atoms with Crippen molar-refractivity contribution >= 4 is 23.2 Å². The second kappa shape index (κ2) is 10.6. The van der Waals surface area contributed by atoms with E-state index in [0.29, 0.717) is 17.8 Å². The summed E-state index contributed by atoms with van der Waals surface area (Å²) in [7, 11) is 0. The largest absolute Gasteiger partial charge is 0.491 e. The van der Waals surface area contributed by atoms with Gasteiger partial charge in [-0.1, -0.05) is 0 Å². The smallest absolute Gasteiger partial charge is 0.251 e. The summed E-state index contributed by atoms with van der Waals surface area (Å²) >= 11 is 0. The van der Waals surface area contributed by atoms with E-state index in [1.54, 1.807) is 36.4 Å². The zero-order valence-corrected chi connectivity index (χ0v) is 17.4. The van der Waals surface area contributed by atoms with Gasteiger partial charge in [-0.2, -0.15) is 0 Å². The zero-order valence-electron chi connectivity index (χ0n) is 17.4. The van der Waals surface area contributed by atoms with Gasteiger partial charge in [0.05, 0.1) is 18.8 Å². The van der Waals surface area contributed by atoms with E-state index in [4.69, 9.17) is 9.47 Å². The summed E-state index contributed by atoms with van der Waals surface area (Å²) in [6.07, 6.45) is 2.26. The van der Waals surface area contributed by atoms with E-state index in [0.717, 1.165) is 30.9 Å². The first kappa shape index (κ1) is 21.6. The summed E-state index contributed by atoms with van der Waals surface area (Å²) < 4.78 is 11.1. The number of ether oxygens (including phenoxy) is 2. The first-order valence-corrected chi connectivity index (χ1v) is 10.3. The summed E-state index contributed by atoms with van der Waals surface area (Å²) in [5, 5.41) is 8.78. The third-order valence-electron chi connectivity index (χ3n) is 4.62. The van der Waals surface area contributed by atoms with Crippen molar-refractivity contribution in [2.75, 3.05) is 30.3 Å². The lowest BCUT2D eigenvalue weighted by atomic mass is 10.2. The predicted molar refractivity (Wildman–Crippen MR) is 117 cm³/mol.